The van der Waals surface area contributed by atoms with Crippen LogP contribution in [0.25, 0.3) is 22.6 Å². The molecule has 0 radical (unpaired) electrons. The number of aryl methyl sites for hydroxylation is 2. The molecule has 0 saturated heterocycles. The Morgan fingerprint density at radius 2 is 1.83 bits per heavy atom. The van der Waals surface area contributed by atoms with Crippen molar-refractivity contribution in [3.05, 3.63) is 70.4 Å². The number of hydrogen-bond donors (Lipinski definition) is 0. The van der Waals surface area contributed by atoms with E-state index in [9.17, 15) is 18.0 Å². The van der Waals surface area contributed by atoms with Gasteiger partial charge in [-0.05, 0) is 37.1 Å². The van der Waals surface area contributed by atoms with E-state index in [1.165, 1.54) is 22.7 Å². The summed E-state index contributed by atoms with van der Waals surface area (Å²) in [5, 5.41) is 4.08. The van der Waals surface area contributed by atoms with E-state index in [1.54, 1.807) is 26.0 Å². The fourth-order valence-corrected chi connectivity index (χ4v) is 3.32. The first-order valence-corrected chi connectivity index (χ1v) is 8.50. The lowest BCUT2D eigenvalue weighted by molar-refractivity contribution is -0.0498. The van der Waals surface area contributed by atoms with Crippen LogP contribution >= 0.6 is 0 Å². The lowest BCUT2D eigenvalue weighted by Crippen LogP contribution is -2.29. The summed E-state index contributed by atoms with van der Waals surface area (Å²) >= 11 is 0. The molecule has 0 aliphatic heterocycles. The van der Waals surface area contributed by atoms with Gasteiger partial charge in [0.15, 0.2) is 5.82 Å². The highest BCUT2D eigenvalue weighted by Crippen LogP contribution is 2.33. The number of benzene rings is 1. The minimum Gasteiger partial charge on any atom is -0.435 e. The molecule has 0 N–H and O–H groups in total. The first kappa shape index (κ1) is 18.7. The summed E-state index contributed by atoms with van der Waals surface area (Å²) in [6, 6.07) is 6.24. The quantitative estimate of drug-likeness (QED) is 0.525. The van der Waals surface area contributed by atoms with Crippen LogP contribution in [-0.2, 0) is 0 Å². The predicted octanol–water partition coefficient (Wildman–Crippen LogP) is 3.30. The van der Waals surface area contributed by atoms with E-state index in [4.69, 9.17) is 0 Å². The van der Waals surface area contributed by atoms with Crippen LogP contribution in [-0.4, -0.2) is 30.8 Å². The van der Waals surface area contributed by atoms with Gasteiger partial charge in [0.05, 0.1) is 24.1 Å². The van der Waals surface area contributed by atoms with Crippen molar-refractivity contribution in [3.8, 4) is 22.8 Å². The molecule has 0 saturated carbocycles. The molecular formula is C19H14F3N5O2. The van der Waals surface area contributed by atoms with Gasteiger partial charge in [-0.15, -0.1) is 4.68 Å². The number of halogens is 3. The van der Waals surface area contributed by atoms with Gasteiger partial charge in [0, 0.05) is 11.3 Å². The van der Waals surface area contributed by atoms with Gasteiger partial charge in [0.1, 0.15) is 5.75 Å². The first-order chi connectivity index (χ1) is 13.9. The van der Waals surface area contributed by atoms with Gasteiger partial charge in [-0.1, -0.05) is 12.1 Å². The fourth-order valence-electron chi connectivity index (χ4n) is 3.32. The van der Waals surface area contributed by atoms with Crippen molar-refractivity contribution in [3.63, 3.8) is 0 Å². The zero-order valence-corrected chi connectivity index (χ0v) is 15.3. The maximum absolute atomic E-state index is 13.1. The summed E-state index contributed by atoms with van der Waals surface area (Å²) in [6.07, 6.45) is 3.35. The molecule has 0 unspecified atom stereocenters. The van der Waals surface area contributed by atoms with Gasteiger partial charge in [-0.25, -0.2) is 19.2 Å². The van der Waals surface area contributed by atoms with Crippen molar-refractivity contribution in [1.29, 1.82) is 0 Å². The second-order valence-corrected chi connectivity index (χ2v) is 6.25. The standard InChI is InChI=1S/C19H14F3N5O2/c1-10-15-9-25-27(18-23-7-13(20)8-24-18)19(28)26(15)11(2)16(10)12-4-3-5-14(6-12)29-17(21)22/h3-9,17H,1-2H3. The Morgan fingerprint density at radius 1 is 1.10 bits per heavy atom. The molecule has 0 spiro atoms. The summed E-state index contributed by atoms with van der Waals surface area (Å²) < 4.78 is 45.0. The molecule has 1 aromatic carbocycles. The van der Waals surface area contributed by atoms with Crippen LogP contribution in [0.3, 0.4) is 0 Å². The molecule has 10 heteroatoms. The first-order valence-electron chi connectivity index (χ1n) is 8.50. The van der Waals surface area contributed by atoms with Crippen molar-refractivity contribution < 1.29 is 17.9 Å². The zero-order valence-electron chi connectivity index (χ0n) is 15.3. The average Bonchev–Trinajstić information content (AvgIpc) is 2.94. The monoisotopic (exact) mass is 401 g/mol. The Morgan fingerprint density at radius 3 is 2.52 bits per heavy atom. The Kier molecular flexibility index (Phi) is 4.53. The zero-order chi connectivity index (χ0) is 20.7. The summed E-state index contributed by atoms with van der Waals surface area (Å²) in [6.45, 7) is 0.596. The second-order valence-electron chi connectivity index (χ2n) is 6.25. The molecule has 0 amide bonds. The SMILES string of the molecule is Cc1c(-c2cccc(OC(F)F)c2)c(C)n2c(=O)n(-c3ncc(F)cn3)ncc12. The van der Waals surface area contributed by atoms with E-state index in [-0.39, 0.29) is 11.7 Å². The van der Waals surface area contributed by atoms with Crippen LogP contribution in [0.5, 0.6) is 5.75 Å². The van der Waals surface area contributed by atoms with Crippen LogP contribution in [0.1, 0.15) is 11.3 Å². The number of hydrogen-bond acceptors (Lipinski definition) is 5. The molecule has 148 valence electrons. The average molecular weight is 401 g/mol. The number of alkyl halides is 2. The van der Waals surface area contributed by atoms with E-state index < -0.39 is 18.1 Å². The van der Waals surface area contributed by atoms with E-state index in [0.717, 1.165) is 22.6 Å². The van der Waals surface area contributed by atoms with Gasteiger partial charge >= 0.3 is 12.3 Å². The lowest BCUT2D eigenvalue weighted by Gasteiger charge is -2.08. The normalized spacial score (nSPS) is 11.4. The van der Waals surface area contributed by atoms with Crippen molar-refractivity contribution in [2.45, 2.75) is 20.5 Å². The molecule has 7 nitrogen and oxygen atoms in total. The third kappa shape index (κ3) is 3.22. The van der Waals surface area contributed by atoms with E-state index in [0.29, 0.717) is 22.3 Å². The van der Waals surface area contributed by atoms with E-state index >= 15 is 0 Å². The number of rotatable bonds is 4. The maximum Gasteiger partial charge on any atom is 0.387 e. The van der Waals surface area contributed by atoms with Crippen molar-refractivity contribution in [1.82, 2.24) is 24.1 Å². The van der Waals surface area contributed by atoms with E-state index in [2.05, 4.69) is 19.8 Å². The number of nitrogens with zero attached hydrogens (tertiary/aromatic N) is 5. The third-order valence-corrected chi connectivity index (χ3v) is 4.51. The highest BCUT2D eigenvalue weighted by molar-refractivity contribution is 5.79. The summed E-state index contributed by atoms with van der Waals surface area (Å²) in [5.74, 6) is -0.691. The van der Waals surface area contributed by atoms with Gasteiger partial charge < -0.3 is 4.74 Å². The number of fused-ring (bicyclic) bond motifs is 1. The molecule has 0 bridgehead atoms. The summed E-state index contributed by atoms with van der Waals surface area (Å²) in [7, 11) is 0. The molecule has 0 atom stereocenters. The highest BCUT2D eigenvalue weighted by atomic mass is 19.3. The van der Waals surface area contributed by atoms with Crippen molar-refractivity contribution in [2.75, 3.05) is 0 Å². The van der Waals surface area contributed by atoms with Crippen molar-refractivity contribution in [2.24, 2.45) is 0 Å². The van der Waals surface area contributed by atoms with Crippen LogP contribution in [0.4, 0.5) is 13.2 Å². The topological polar surface area (TPSA) is 74.3 Å². The van der Waals surface area contributed by atoms with Crippen LogP contribution < -0.4 is 10.4 Å². The van der Waals surface area contributed by atoms with Gasteiger partial charge in [0.2, 0.25) is 0 Å². The third-order valence-electron chi connectivity index (χ3n) is 4.51. The van der Waals surface area contributed by atoms with Gasteiger partial charge in [-0.2, -0.15) is 13.9 Å². The Bertz CT molecular complexity index is 1270. The molecule has 3 heterocycles. The molecule has 29 heavy (non-hydrogen) atoms. The minimum absolute atomic E-state index is 0.0156. The van der Waals surface area contributed by atoms with Crippen molar-refractivity contribution >= 4 is 5.52 Å². The van der Waals surface area contributed by atoms with Crippen LogP contribution in [0, 0.1) is 19.7 Å². The second kappa shape index (κ2) is 7.04. The molecule has 4 aromatic rings. The van der Waals surface area contributed by atoms with Gasteiger partial charge in [0.25, 0.3) is 5.95 Å². The molecule has 0 aliphatic rings. The molecule has 0 fully saturated rings. The predicted molar refractivity (Wildman–Crippen MR) is 97.9 cm³/mol. The Labute approximate surface area is 162 Å². The summed E-state index contributed by atoms with van der Waals surface area (Å²) in [4.78, 5) is 20.6. The smallest absolute Gasteiger partial charge is 0.387 e. The largest absolute Gasteiger partial charge is 0.435 e. The van der Waals surface area contributed by atoms with Gasteiger partial charge in [-0.3, -0.25) is 4.40 Å². The van der Waals surface area contributed by atoms with E-state index in [1.807, 2.05) is 0 Å². The molecule has 3 aromatic heterocycles. The fraction of sp³-hybridized carbons (Fsp3) is 0.158. The Balaban J connectivity index is 1.91. The maximum atomic E-state index is 13.1. The number of aromatic nitrogens is 5. The molecule has 0 aliphatic carbocycles. The van der Waals surface area contributed by atoms with Crippen LogP contribution in [0.15, 0.2) is 47.7 Å². The highest BCUT2D eigenvalue weighted by Gasteiger charge is 2.19. The molecule has 4 rings (SSSR count). The minimum atomic E-state index is -2.94. The molecular weight excluding hydrogens is 387 g/mol. The van der Waals surface area contributed by atoms with Crippen LogP contribution in [0.2, 0.25) is 0 Å². The number of ether oxygens (including phenoxy) is 1. The lowest BCUT2D eigenvalue weighted by atomic mass is 10.0. The summed E-state index contributed by atoms with van der Waals surface area (Å²) in [5.41, 5.74) is 2.64. The Hall–Kier alpha value is -3.69.